The lowest BCUT2D eigenvalue weighted by Crippen LogP contribution is -2.24. The average molecular weight is 554 g/mol. The summed E-state index contributed by atoms with van der Waals surface area (Å²) in [6.45, 7) is 2.26. The summed E-state index contributed by atoms with van der Waals surface area (Å²) in [6, 6.07) is 19.3. The maximum Gasteiger partial charge on any atom is 0.277 e. The predicted molar refractivity (Wildman–Crippen MR) is 150 cm³/mol. The highest BCUT2D eigenvalue weighted by molar-refractivity contribution is 8.19. The van der Waals surface area contributed by atoms with E-state index in [0.717, 1.165) is 0 Å². The van der Waals surface area contributed by atoms with Crippen molar-refractivity contribution in [3.8, 4) is 17.2 Å². The number of nitro benzene ring substituents is 1. The standard InChI is InChI=1S/C27H27N3O6S2/c1-2-34-25-15-19(6-11-24(25)36-17-20-4-3-5-22(14-20)30(32)33)16-28-29-26(31)18-35-23-9-7-21(8-10-23)27-37-12-13-38-27/h3-11,14-16,27H,2,12-13,17-18H2,1H3,(H,29,31)/b28-16-. The monoisotopic (exact) mass is 553 g/mol. The molecule has 0 radical (unpaired) electrons. The number of rotatable bonds is 12. The van der Waals surface area contributed by atoms with E-state index in [1.807, 2.05) is 54.7 Å². The third-order valence-electron chi connectivity index (χ3n) is 5.33. The summed E-state index contributed by atoms with van der Waals surface area (Å²) in [7, 11) is 0. The Labute approximate surface area is 229 Å². The number of carbonyl (C=O) groups is 1. The lowest BCUT2D eigenvalue weighted by Gasteiger charge is -2.12. The highest BCUT2D eigenvalue weighted by Gasteiger charge is 2.18. The van der Waals surface area contributed by atoms with Crippen LogP contribution in [0, 0.1) is 10.1 Å². The number of hydrogen-bond acceptors (Lipinski definition) is 9. The summed E-state index contributed by atoms with van der Waals surface area (Å²) in [4.78, 5) is 22.7. The molecule has 4 rings (SSSR count). The number of amides is 1. The van der Waals surface area contributed by atoms with E-state index in [1.165, 1.54) is 35.4 Å². The van der Waals surface area contributed by atoms with Gasteiger partial charge >= 0.3 is 0 Å². The van der Waals surface area contributed by atoms with Gasteiger partial charge in [0.05, 0.1) is 22.3 Å². The van der Waals surface area contributed by atoms with Gasteiger partial charge in [-0.05, 0) is 53.9 Å². The van der Waals surface area contributed by atoms with Gasteiger partial charge in [0.1, 0.15) is 12.4 Å². The van der Waals surface area contributed by atoms with Crippen LogP contribution in [0.2, 0.25) is 0 Å². The molecule has 198 valence electrons. The molecule has 1 aliphatic rings. The van der Waals surface area contributed by atoms with Gasteiger partial charge in [-0.15, -0.1) is 23.5 Å². The van der Waals surface area contributed by atoms with Gasteiger partial charge in [0, 0.05) is 23.6 Å². The summed E-state index contributed by atoms with van der Waals surface area (Å²) in [5, 5.41) is 15.0. The van der Waals surface area contributed by atoms with E-state index in [2.05, 4.69) is 10.5 Å². The van der Waals surface area contributed by atoms with E-state index < -0.39 is 4.92 Å². The van der Waals surface area contributed by atoms with E-state index in [0.29, 0.717) is 39.6 Å². The van der Waals surface area contributed by atoms with Crippen LogP contribution in [0.3, 0.4) is 0 Å². The molecule has 1 fully saturated rings. The molecule has 1 heterocycles. The molecule has 0 atom stereocenters. The van der Waals surface area contributed by atoms with Crippen molar-refractivity contribution in [1.29, 1.82) is 0 Å². The number of ether oxygens (including phenoxy) is 3. The number of non-ortho nitro benzene ring substituents is 1. The Bertz CT molecular complexity index is 1280. The van der Waals surface area contributed by atoms with Gasteiger partial charge in [0.25, 0.3) is 11.6 Å². The van der Waals surface area contributed by atoms with Crippen molar-refractivity contribution in [1.82, 2.24) is 5.43 Å². The molecular weight excluding hydrogens is 526 g/mol. The topological polar surface area (TPSA) is 112 Å². The number of hydrogen-bond donors (Lipinski definition) is 1. The molecule has 0 unspecified atom stereocenters. The molecule has 0 saturated carbocycles. The van der Waals surface area contributed by atoms with Crippen LogP contribution in [0.1, 0.15) is 28.2 Å². The summed E-state index contributed by atoms with van der Waals surface area (Å²) in [5.41, 5.74) is 5.07. The molecule has 0 aliphatic carbocycles. The van der Waals surface area contributed by atoms with Gasteiger partial charge in [-0.2, -0.15) is 5.10 Å². The van der Waals surface area contributed by atoms with Crippen LogP contribution >= 0.6 is 23.5 Å². The minimum atomic E-state index is -0.444. The number of carbonyl (C=O) groups excluding carboxylic acids is 1. The molecule has 0 aromatic heterocycles. The van der Waals surface area contributed by atoms with Crippen LogP contribution in [-0.4, -0.2) is 41.8 Å². The quantitative estimate of drug-likeness (QED) is 0.176. The fourth-order valence-electron chi connectivity index (χ4n) is 3.55. The van der Waals surface area contributed by atoms with E-state index >= 15 is 0 Å². The van der Waals surface area contributed by atoms with Crippen molar-refractivity contribution in [2.45, 2.75) is 18.1 Å². The van der Waals surface area contributed by atoms with E-state index in [1.54, 1.807) is 30.3 Å². The van der Waals surface area contributed by atoms with E-state index in [4.69, 9.17) is 14.2 Å². The van der Waals surface area contributed by atoms with Crippen molar-refractivity contribution in [2.24, 2.45) is 5.10 Å². The Morgan fingerprint density at radius 1 is 1.05 bits per heavy atom. The first-order chi connectivity index (χ1) is 18.5. The zero-order valence-corrected chi connectivity index (χ0v) is 22.3. The van der Waals surface area contributed by atoms with Crippen molar-refractivity contribution < 1.29 is 23.9 Å². The smallest absolute Gasteiger partial charge is 0.277 e. The van der Waals surface area contributed by atoms with Crippen LogP contribution in [0.5, 0.6) is 17.2 Å². The molecule has 0 bridgehead atoms. The largest absolute Gasteiger partial charge is 0.490 e. The zero-order chi connectivity index (χ0) is 26.7. The number of nitro groups is 1. The summed E-state index contributed by atoms with van der Waals surface area (Å²) < 4.78 is 17.6. The Morgan fingerprint density at radius 3 is 2.58 bits per heavy atom. The molecular formula is C27H27N3O6S2. The lowest BCUT2D eigenvalue weighted by atomic mass is 10.2. The van der Waals surface area contributed by atoms with Crippen LogP contribution in [-0.2, 0) is 11.4 Å². The van der Waals surface area contributed by atoms with Crippen molar-refractivity contribution >= 4 is 41.3 Å². The number of benzene rings is 3. The Balaban J connectivity index is 1.27. The van der Waals surface area contributed by atoms with Gasteiger partial charge < -0.3 is 14.2 Å². The molecule has 3 aromatic rings. The number of thioether (sulfide) groups is 2. The first-order valence-corrected chi connectivity index (χ1v) is 14.0. The van der Waals surface area contributed by atoms with Crippen molar-refractivity contribution in [2.75, 3.05) is 24.7 Å². The third kappa shape index (κ3) is 7.90. The van der Waals surface area contributed by atoms with Crippen LogP contribution < -0.4 is 19.6 Å². The second-order valence-electron chi connectivity index (χ2n) is 8.08. The maximum atomic E-state index is 12.1. The van der Waals surface area contributed by atoms with Crippen LogP contribution in [0.15, 0.2) is 71.8 Å². The number of hydrazone groups is 1. The minimum Gasteiger partial charge on any atom is -0.490 e. The molecule has 3 aromatic carbocycles. The molecule has 1 saturated heterocycles. The van der Waals surface area contributed by atoms with Gasteiger partial charge in [-0.25, -0.2) is 5.43 Å². The Kier molecular flexibility index (Phi) is 9.88. The lowest BCUT2D eigenvalue weighted by molar-refractivity contribution is -0.384. The molecule has 9 nitrogen and oxygen atoms in total. The Morgan fingerprint density at radius 2 is 1.84 bits per heavy atom. The second-order valence-corrected chi connectivity index (χ2v) is 10.8. The fraction of sp³-hybridized carbons (Fsp3) is 0.259. The summed E-state index contributed by atoms with van der Waals surface area (Å²) in [6.07, 6.45) is 1.50. The van der Waals surface area contributed by atoms with Gasteiger partial charge in [-0.1, -0.05) is 24.3 Å². The van der Waals surface area contributed by atoms with Gasteiger partial charge in [0.15, 0.2) is 18.1 Å². The molecule has 11 heteroatoms. The molecule has 38 heavy (non-hydrogen) atoms. The summed E-state index contributed by atoms with van der Waals surface area (Å²) in [5.74, 6) is 3.57. The predicted octanol–water partition coefficient (Wildman–Crippen LogP) is 5.58. The van der Waals surface area contributed by atoms with E-state index in [9.17, 15) is 14.9 Å². The average Bonchev–Trinajstić information content (AvgIpc) is 3.47. The SMILES string of the molecule is CCOc1cc(/C=N\NC(=O)COc2ccc(C3SCCS3)cc2)ccc1OCc1cccc([N+](=O)[O-])c1. The van der Waals surface area contributed by atoms with Gasteiger partial charge in [-0.3, -0.25) is 14.9 Å². The maximum absolute atomic E-state index is 12.1. The fourth-order valence-corrected chi connectivity index (χ4v) is 6.40. The van der Waals surface area contributed by atoms with Gasteiger partial charge in [0.2, 0.25) is 0 Å². The molecule has 1 aliphatic heterocycles. The van der Waals surface area contributed by atoms with E-state index in [-0.39, 0.29) is 24.8 Å². The number of nitrogens with zero attached hydrogens (tertiary/aromatic N) is 2. The molecule has 1 amide bonds. The Hall–Kier alpha value is -3.70. The normalized spacial score (nSPS) is 13.4. The zero-order valence-electron chi connectivity index (χ0n) is 20.7. The first kappa shape index (κ1) is 27.3. The van der Waals surface area contributed by atoms with Crippen LogP contribution in [0.4, 0.5) is 5.69 Å². The molecule has 1 N–H and O–H groups in total. The highest BCUT2D eigenvalue weighted by atomic mass is 32.2. The summed E-state index contributed by atoms with van der Waals surface area (Å²) >= 11 is 3.88. The second kappa shape index (κ2) is 13.7. The first-order valence-electron chi connectivity index (χ1n) is 11.9. The highest BCUT2D eigenvalue weighted by Crippen LogP contribution is 2.45. The molecule has 0 spiro atoms. The third-order valence-corrected chi connectivity index (χ3v) is 8.43. The van der Waals surface area contributed by atoms with Crippen molar-refractivity contribution in [3.05, 3.63) is 93.5 Å². The number of nitrogens with one attached hydrogen (secondary N) is 1. The van der Waals surface area contributed by atoms with Crippen molar-refractivity contribution in [3.63, 3.8) is 0 Å². The van der Waals surface area contributed by atoms with Crippen LogP contribution in [0.25, 0.3) is 0 Å². The minimum absolute atomic E-state index is 0.00531.